The van der Waals surface area contributed by atoms with Gasteiger partial charge < -0.3 is 4.74 Å². The van der Waals surface area contributed by atoms with Crippen LogP contribution in [0.4, 0.5) is 4.79 Å². The molecular weight excluding hydrogens is 283 g/mol. The summed E-state index contributed by atoms with van der Waals surface area (Å²) in [5, 5.41) is 1.71. The molecule has 1 heterocycles. The number of thioether (sulfide) groups is 1. The minimum Gasteiger partial charge on any atom is -0.409 e. The third kappa shape index (κ3) is 3.21. The Balaban J connectivity index is 1.91. The fourth-order valence-electron chi connectivity index (χ4n) is 1.15. The van der Waals surface area contributed by atoms with Crippen molar-refractivity contribution in [3.63, 3.8) is 0 Å². The summed E-state index contributed by atoms with van der Waals surface area (Å²) >= 11 is 13.0. The van der Waals surface area contributed by atoms with Crippen LogP contribution in [-0.4, -0.2) is 17.0 Å². The average Bonchev–Trinajstić information content (AvgIpc) is 2.62. The van der Waals surface area contributed by atoms with E-state index >= 15 is 0 Å². The SMILES string of the molecule is O=C(NN1CSC(Cl)=C1Cl)Oc1ccccc1. The zero-order valence-corrected chi connectivity index (χ0v) is 10.9. The number of benzene rings is 1. The van der Waals surface area contributed by atoms with Gasteiger partial charge in [-0.3, -0.25) is 5.01 Å². The van der Waals surface area contributed by atoms with Crippen LogP contribution in [0.15, 0.2) is 39.9 Å². The van der Waals surface area contributed by atoms with Gasteiger partial charge in [0.25, 0.3) is 0 Å². The Hall–Kier alpha value is -1.04. The molecule has 0 fully saturated rings. The number of carbonyl (C=O) groups is 1. The Morgan fingerprint density at radius 3 is 2.65 bits per heavy atom. The van der Waals surface area contributed by atoms with E-state index in [-0.39, 0.29) is 0 Å². The molecular formula is C10H8Cl2N2O2S. The monoisotopic (exact) mass is 290 g/mol. The standard InChI is InChI=1S/C10H8Cl2N2O2S/c11-8-9(12)17-6-14(8)13-10(15)16-7-4-2-1-3-5-7/h1-5H,6H2,(H,13,15). The lowest BCUT2D eigenvalue weighted by molar-refractivity contribution is 0.175. The first-order valence-corrected chi connectivity index (χ1v) is 6.40. The molecule has 1 aromatic rings. The first-order valence-electron chi connectivity index (χ1n) is 4.66. The van der Waals surface area contributed by atoms with E-state index in [4.69, 9.17) is 27.9 Å². The minimum atomic E-state index is -0.610. The first-order chi connectivity index (χ1) is 8.16. The molecule has 4 nitrogen and oxygen atoms in total. The summed E-state index contributed by atoms with van der Waals surface area (Å²) in [5.41, 5.74) is 2.48. The van der Waals surface area contributed by atoms with Crippen molar-refractivity contribution in [3.8, 4) is 5.75 Å². The fourth-order valence-corrected chi connectivity index (χ4v) is 2.40. The van der Waals surface area contributed by atoms with Gasteiger partial charge in [-0.25, -0.2) is 10.2 Å². The third-order valence-electron chi connectivity index (χ3n) is 1.90. The highest BCUT2D eigenvalue weighted by Gasteiger charge is 2.22. The van der Waals surface area contributed by atoms with E-state index in [9.17, 15) is 4.79 Å². The van der Waals surface area contributed by atoms with Crippen LogP contribution in [-0.2, 0) is 0 Å². The van der Waals surface area contributed by atoms with Gasteiger partial charge in [-0.1, -0.05) is 53.2 Å². The van der Waals surface area contributed by atoms with Crippen molar-refractivity contribution in [3.05, 3.63) is 39.9 Å². The highest BCUT2D eigenvalue weighted by molar-refractivity contribution is 8.04. The molecule has 2 rings (SSSR count). The average molecular weight is 291 g/mol. The van der Waals surface area contributed by atoms with Crippen LogP contribution >= 0.6 is 35.0 Å². The summed E-state index contributed by atoms with van der Waals surface area (Å²) < 4.78 is 5.49. The molecule has 90 valence electrons. The zero-order chi connectivity index (χ0) is 12.3. The van der Waals surface area contributed by atoms with E-state index in [0.717, 1.165) is 0 Å². The molecule has 0 saturated heterocycles. The molecule has 1 aromatic carbocycles. The number of nitrogens with zero attached hydrogens (tertiary/aromatic N) is 1. The second-order valence-corrected chi connectivity index (χ2v) is 5.00. The number of hydrazine groups is 1. The number of rotatable bonds is 2. The van der Waals surface area contributed by atoms with Crippen LogP contribution in [0.25, 0.3) is 0 Å². The van der Waals surface area contributed by atoms with Crippen LogP contribution in [0.1, 0.15) is 0 Å². The molecule has 0 radical (unpaired) electrons. The van der Waals surface area contributed by atoms with Gasteiger partial charge in [0.15, 0.2) is 0 Å². The lowest BCUT2D eigenvalue weighted by atomic mass is 10.3. The quantitative estimate of drug-likeness (QED) is 0.849. The van der Waals surface area contributed by atoms with Crippen molar-refractivity contribution in [1.29, 1.82) is 0 Å². The van der Waals surface area contributed by atoms with Crippen molar-refractivity contribution in [1.82, 2.24) is 10.4 Å². The molecule has 0 unspecified atom stereocenters. The number of para-hydroxylation sites is 1. The maximum atomic E-state index is 11.5. The number of amides is 1. The van der Waals surface area contributed by atoms with Gasteiger partial charge in [0.1, 0.15) is 15.3 Å². The Morgan fingerprint density at radius 1 is 1.35 bits per heavy atom. The summed E-state index contributed by atoms with van der Waals surface area (Å²) in [6, 6.07) is 8.75. The third-order valence-corrected chi connectivity index (χ3v) is 3.84. The molecule has 0 atom stereocenters. The molecule has 17 heavy (non-hydrogen) atoms. The van der Waals surface area contributed by atoms with Crippen LogP contribution < -0.4 is 10.2 Å². The second kappa shape index (κ2) is 5.53. The lowest BCUT2D eigenvalue weighted by Crippen LogP contribution is -2.40. The molecule has 0 aliphatic carbocycles. The summed E-state index contributed by atoms with van der Waals surface area (Å²) in [7, 11) is 0. The maximum Gasteiger partial charge on any atom is 0.431 e. The molecule has 0 aromatic heterocycles. The van der Waals surface area contributed by atoms with Crippen LogP contribution in [0.2, 0.25) is 0 Å². The number of hydrogen-bond acceptors (Lipinski definition) is 4. The zero-order valence-electron chi connectivity index (χ0n) is 8.52. The van der Waals surface area contributed by atoms with Gasteiger partial charge in [-0.2, -0.15) is 0 Å². The fraction of sp³-hybridized carbons (Fsp3) is 0.100. The van der Waals surface area contributed by atoms with E-state index in [1.54, 1.807) is 24.3 Å². The van der Waals surface area contributed by atoms with Gasteiger partial charge >= 0.3 is 6.09 Å². The van der Waals surface area contributed by atoms with E-state index in [2.05, 4.69) is 5.43 Å². The lowest BCUT2D eigenvalue weighted by Gasteiger charge is -2.17. The van der Waals surface area contributed by atoms with E-state index in [1.165, 1.54) is 16.8 Å². The van der Waals surface area contributed by atoms with Crippen LogP contribution in [0.5, 0.6) is 5.75 Å². The smallest absolute Gasteiger partial charge is 0.409 e. The molecule has 1 amide bonds. The van der Waals surface area contributed by atoms with Crippen molar-refractivity contribution in [2.45, 2.75) is 0 Å². The number of halogens is 2. The number of ether oxygens (including phenoxy) is 1. The molecule has 0 bridgehead atoms. The van der Waals surface area contributed by atoms with Crippen molar-refractivity contribution >= 4 is 41.1 Å². The van der Waals surface area contributed by atoms with Gasteiger partial charge in [-0.15, -0.1) is 0 Å². The Kier molecular flexibility index (Phi) is 4.04. The van der Waals surface area contributed by atoms with Crippen molar-refractivity contribution in [2.75, 3.05) is 5.88 Å². The van der Waals surface area contributed by atoms with E-state index in [0.29, 0.717) is 21.1 Å². The minimum absolute atomic E-state index is 0.293. The Bertz CT molecular complexity index is 453. The number of hydrogen-bond donors (Lipinski definition) is 1. The van der Waals surface area contributed by atoms with Crippen molar-refractivity contribution in [2.24, 2.45) is 0 Å². The highest BCUT2D eigenvalue weighted by Crippen LogP contribution is 2.35. The van der Waals surface area contributed by atoms with Gasteiger partial charge in [-0.05, 0) is 12.1 Å². The summed E-state index contributed by atoms with van der Waals surface area (Å²) in [5.74, 6) is 0.921. The predicted octanol–water partition coefficient (Wildman–Crippen LogP) is 3.30. The van der Waals surface area contributed by atoms with Gasteiger partial charge in [0.2, 0.25) is 0 Å². The summed E-state index contributed by atoms with van der Waals surface area (Å²) in [4.78, 5) is 11.5. The molecule has 0 saturated carbocycles. The van der Waals surface area contributed by atoms with E-state index < -0.39 is 6.09 Å². The largest absolute Gasteiger partial charge is 0.431 e. The predicted molar refractivity (Wildman–Crippen MR) is 68.6 cm³/mol. The molecule has 1 aliphatic heterocycles. The molecule has 1 aliphatic rings. The summed E-state index contributed by atoms with van der Waals surface area (Å²) in [6.45, 7) is 0. The second-order valence-electron chi connectivity index (χ2n) is 3.08. The van der Waals surface area contributed by atoms with Crippen LogP contribution in [0, 0.1) is 0 Å². The first kappa shape index (κ1) is 12.4. The maximum absolute atomic E-state index is 11.5. The summed E-state index contributed by atoms with van der Waals surface area (Å²) in [6.07, 6.45) is -0.610. The normalized spacial score (nSPS) is 15.1. The molecule has 1 N–H and O–H groups in total. The Morgan fingerprint density at radius 2 is 2.06 bits per heavy atom. The number of carbonyl (C=O) groups excluding carboxylic acids is 1. The van der Waals surface area contributed by atoms with Gasteiger partial charge in [0, 0.05) is 0 Å². The topological polar surface area (TPSA) is 41.6 Å². The van der Waals surface area contributed by atoms with Crippen molar-refractivity contribution < 1.29 is 9.53 Å². The number of nitrogens with one attached hydrogen (secondary N) is 1. The molecule has 0 spiro atoms. The van der Waals surface area contributed by atoms with Crippen LogP contribution in [0.3, 0.4) is 0 Å². The molecule has 7 heteroatoms. The van der Waals surface area contributed by atoms with E-state index in [1.807, 2.05) is 6.07 Å². The Labute approximate surface area is 112 Å². The highest BCUT2D eigenvalue weighted by atomic mass is 35.5. The van der Waals surface area contributed by atoms with Gasteiger partial charge in [0.05, 0.1) is 5.88 Å².